The minimum Gasteiger partial charge on any atom is -0.444 e. The minimum absolute atomic E-state index is 0. The molecule has 1 N–H and O–H groups in total. The molecule has 178 valence electrons. The van der Waals surface area contributed by atoms with E-state index in [1.54, 1.807) is 4.90 Å². The molecule has 4 rings (SSSR count). The summed E-state index contributed by atoms with van der Waals surface area (Å²) in [6, 6.07) is 9.03. The van der Waals surface area contributed by atoms with E-state index in [0.29, 0.717) is 19.6 Å². The molecule has 1 amide bonds. The molecule has 1 unspecified atom stereocenters. The van der Waals surface area contributed by atoms with Gasteiger partial charge < -0.3 is 24.6 Å². The summed E-state index contributed by atoms with van der Waals surface area (Å²) < 4.78 is 10.9. The van der Waals surface area contributed by atoms with Gasteiger partial charge in [0.2, 0.25) is 0 Å². The molecule has 2 fully saturated rings. The molecule has 3 aliphatic rings. The van der Waals surface area contributed by atoms with E-state index in [4.69, 9.17) is 14.5 Å². The summed E-state index contributed by atoms with van der Waals surface area (Å²) in [6.07, 6.45) is -0.231. The highest BCUT2D eigenvalue weighted by atomic mass is 127. The van der Waals surface area contributed by atoms with Crippen LogP contribution in [0.5, 0.6) is 0 Å². The molecule has 0 aliphatic carbocycles. The molecule has 32 heavy (non-hydrogen) atoms. The number of guanidine groups is 1. The molecule has 3 aliphatic heterocycles. The maximum Gasteiger partial charge on any atom is 0.410 e. The molecular formula is C23H36IN5O3. The van der Waals surface area contributed by atoms with Crippen LogP contribution in [0.25, 0.3) is 0 Å². The van der Waals surface area contributed by atoms with Gasteiger partial charge in [0.15, 0.2) is 5.96 Å². The number of benzene rings is 1. The van der Waals surface area contributed by atoms with Gasteiger partial charge >= 0.3 is 6.09 Å². The van der Waals surface area contributed by atoms with Gasteiger partial charge in [-0.1, -0.05) is 24.3 Å². The van der Waals surface area contributed by atoms with Crippen LogP contribution in [-0.4, -0.2) is 90.9 Å². The van der Waals surface area contributed by atoms with Gasteiger partial charge in [0.1, 0.15) is 5.60 Å². The molecule has 0 radical (unpaired) electrons. The van der Waals surface area contributed by atoms with Crippen LogP contribution in [-0.2, 0) is 22.6 Å². The Balaban J connectivity index is 0.00000289. The van der Waals surface area contributed by atoms with E-state index >= 15 is 0 Å². The highest BCUT2D eigenvalue weighted by molar-refractivity contribution is 14.0. The number of amides is 1. The number of hydrogen-bond acceptors (Lipinski definition) is 7. The zero-order valence-corrected chi connectivity index (χ0v) is 21.7. The van der Waals surface area contributed by atoms with Crippen molar-refractivity contribution in [1.29, 1.82) is 0 Å². The molecule has 8 nitrogen and oxygen atoms in total. The van der Waals surface area contributed by atoms with Crippen LogP contribution in [0.4, 0.5) is 4.79 Å². The van der Waals surface area contributed by atoms with E-state index in [0.717, 1.165) is 51.9 Å². The third kappa shape index (κ3) is 6.71. The number of carbonyl (C=O) groups is 1. The van der Waals surface area contributed by atoms with Gasteiger partial charge in [0, 0.05) is 45.8 Å². The van der Waals surface area contributed by atoms with E-state index in [-0.39, 0.29) is 36.1 Å². The number of nitrogens with zero attached hydrogens (tertiary/aromatic N) is 4. The van der Waals surface area contributed by atoms with Crippen molar-refractivity contribution in [3.8, 4) is 0 Å². The van der Waals surface area contributed by atoms with Crippen LogP contribution in [0.3, 0.4) is 0 Å². The number of halogens is 1. The molecule has 1 aromatic rings. The van der Waals surface area contributed by atoms with E-state index in [1.807, 2.05) is 20.8 Å². The lowest BCUT2D eigenvalue weighted by atomic mass is 10.1. The number of aliphatic imine (C=N–C) groups is 1. The average Bonchev–Trinajstić information content (AvgIpc) is 3.15. The van der Waals surface area contributed by atoms with Crippen LogP contribution in [0.2, 0.25) is 0 Å². The van der Waals surface area contributed by atoms with E-state index < -0.39 is 5.60 Å². The van der Waals surface area contributed by atoms with Crippen molar-refractivity contribution in [3.63, 3.8) is 0 Å². The van der Waals surface area contributed by atoms with Gasteiger partial charge in [-0.2, -0.15) is 0 Å². The fourth-order valence-corrected chi connectivity index (χ4v) is 4.18. The van der Waals surface area contributed by atoms with Crippen molar-refractivity contribution >= 4 is 36.0 Å². The molecule has 1 aromatic carbocycles. The molecule has 9 heteroatoms. The van der Waals surface area contributed by atoms with Crippen molar-refractivity contribution in [2.45, 2.75) is 45.5 Å². The molecule has 0 saturated carbocycles. The van der Waals surface area contributed by atoms with Gasteiger partial charge in [0.25, 0.3) is 0 Å². The van der Waals surface area contributed by atoms with Gasteiger partial charge in [-0.25, -0.2) is 4.79 Å². The van der Waals surface area contributed by atoms with Gasteiger partial charge in [-0.3, -0.25) is 9.89 Å². The monoisotopic (exact) mass is 557 g/mol. The van der Waals surface area contributed by atoms with E-state index in [1.165, 1.54) is 11.1 Å². The number of carbonyl (C=O) groups excluding carboxylic acids is 1. The van der Waals surface area contributed by atoms with Gasteiger partial charge in [-0.15, -0.1) is 24.0 Å². The lowest BCUT2D eigenvalue weighted by molar-refractivity contribution is 0.0137. The minimum atomic E-state index is -0.467. The third-order valence-electron chi connectivity index (χ3n) is 5.84. The number of piperazine rings is 1. The van der Waals surface area contributed by atoms with Crippen LogP contribution in [0.15, 0.2) is 29.3 Å². The van der Waals surface area contributed by atoms with Crippen LogP contribution in [0, 0.1) is 0 Å². The first-order chi connectivity index (χ1) is 14.9. The first-order valence-electron chi connectivity index (χ1n) is 11.3. The summed E-state index contributed by atoms with van der Waals surface area (Å²) in [7, 11) is 0. The molecule has 0 spiro atoms. The number of nitrogens with one attached hydrogen (secondary N) is 1. The van der Waals surface area contributed by atoms with E-state index in [2.05, 4.69) is 39.4 Å². The number of hydrogen-bond donors (Lipinski definition) is 1. The van der Waals surface area contributed by atoms with Crippen molar-refractivity contribution in [2.75, 3.05) is 52.5 Å². The molecule has 0 aromatic heterocycles. The second-order valence-corrected chi connectivity index (χ2v) is 9.50. The largest absolute Gasteiger partial charge is 0.444 e. The van der Waals surface area contributed by atoms with Crippen LogP contribution < -0.4 is 5.32 Å². The maximum absolute atomic E-state index is 12.4. The summed E-state index contributed by atoms with van der Waals surface area (Å²) in [5.41, 5.74) is 2.11. The Labute approximate surface area is 208 Å². The maximum atomic E-state index is 12.4. The second-order valence-electron chi connectivity index (χ2n) is 9.50. The number of ether oxygens (including phenoxy) is 2. The predicted octanol–water partition coefficient (Wildman–Crippen LogP) is 2.52. The zero-order chi connectivity index (χ0) is 21.8. The van der Waals surface area contributed by atoms with Crippen molar-refractivity contribution < 1.29 is 14.3 Å². The Bertz CT molecular complexity index is 790. The first-order valence-corrected chi connectivity index (χ1v) is 11.3. The molecular weight excluding hydrogens is 521 g/mol. The highest BCUT2D eigenvalue weighted by Crippen LogP contribution is 2.19. The number of morpholine rings is 1. The molecule has 3 heterocycles. The predicted molar refractivity (Wildman–Crippen MR) is 135 cm³/mol. The standard InChI is InChI=1S/C23H35N5O3.HI/c1-23(2,3)31-22(29)27-8-9-28-20(17-27)15-25-21(28)24-14-18-4-6-19(7-5-18)16-26-10-12-30-13-11-26;/h4-7,20H,8-17H2,1-3H3,(H,24,25);1H. The smallest absolute Gasteiger partial charge is 0.410 e. The molecule has 1 atom stereocenters. The lowest BCUT2D eigenvalue weighted by Gasteiger charge is -2.39. The number of fused-ring (bicyclic) bond motifs is 1. The Morgan fingerprint density at radius 1 is 1.12 bits per heavy atom. The fourth-order valence-electron chi connectivity index (χ4n) is 4.18. The number of rotatable bonds is 4. The first kappa shape index (κ1) is 25.0. The summed E-state index contributed by atoms with van der Waals surface area (Å²) in [6.45, 7) is 13.9. The Kier molecular flexibility index (Phi) is 8.62. The lowest BCUT2D eigenvalue weighted by Crippen LogP contribution is -2.57. The summed E-state index contributed by atoms with van der Waals surface area (Å²) >= 11 is 0. The Hall–Kier alpha value is -1.59. The molecule has 0 bridgehead atoms. The van der Waals surface area contributed by atoms with Crippen LogP contribution >= 0.6 is 24.0 Å². The SMILES string of the molecule is CC(C)(C)OC(=O)N1CCN2C(NCc3ccc(CN4CCOCC4)cc3)=NCC2C1.I. The van der Waals surface area contributed by atoms with Gasteiger partial charge in [0.05, 0.1) is 25.8 Å². The van der Waals surface area contributed by atoms with Crippen molar-refractivity contribution in [1.82, 2.24) is 20.0 Å². The topological polar surface area (TPSA) is 69.6 Å². The Morgan fingerprint density at radius 3 is 2.50 bits per heavy atom. The summed E-state index contributed by atoms with van der Waals surface area (Å²) in [5.74, 6) is 0.936. The van der Waals surface area contributed by atoms with Crippen molar-refractivity contribution in [2.24, 2.45) is 4.99 Å². The fraction of sp³-hybridized carbons (Fsp3) is 0.652. The summed E-state index contributed by atoms with van der Waals surface area (Å²) in [5, 5.41) is 3.49. The second kappa shape index (κ2) is 11.0. The average molecular weight is 557 g/mol. The highest BCUT2D eigenvalue weighted by Gasteiger charge is 2.36. The summed E-state index contributed by atoms with van der Waals surface area (Å²) in [4.78, 5) is 23.6. The quantitative estimate of drug-likeness (QED) is 0.575. The normalized spacial score (nSPS) is 21.5. The Morgan fingerprint density at radius 2 is 1.81 bits per heavy atom. The zero-order valence-electron chi connectivity index (χ0n) is 19.4. The van der Waals surface area contributed by atoms with Gasteiger partial charge in [-0.05, 0) is 31.9 Å². The molecule has 2 saturated heterocycles. The third-order valence-corrected chi connectivity index (χ3v) is 5.84. The van der Waals surface area contributed by atoms with E-state index in [9.17, 15) is 4.79 Å². The van der Waals surface area contributed by atoms with Crippen LogP contribution in [0.1, 0.15) is 31.9 Å². The van der Waals surface area contributed by atoms with Crippen molar-refractivity contribution in [3.05, 3.63) is 35.4 Å².